The first kappa shape index (κ1) is 17.8. The summed E-state index contributed by atoms with van der Waals surface area (Å²) in [6, 6.07) is 6.60. The Morgan fingerprint density at radius 3 is 2.20 bits per heavy atom. The Labute approximate surface area is 132 Å². The van der Waals surface area contributed by atoms with Crippen molar-refractivity contribution in [1.29, 1.82) is 0 Å². The fraction of sp³-hybridized carbons (Fsp3) is 0. The Bertz CT molecular complexity index is 315. The molecule has 0 aromatic heterocycles. The van der Waals surface area contributed by atoms with E-state index in [1.807, 2.05) is 0 Å². The zero-order valence-corrected chi connectivity index (χ0v) is 11.5. The van der Waals surface area contributed by atoms with Crippen LogP contribution < -0.4 is 51.4 Å². The van der Waals surface area contributed by atoms with Crippen LogP contribution in [-0.2, 0) is 0 Å². The van der Waals surface area contributed by atoms with Crippen LogP contribution >= 0.6 is 11.6 Å². The number of benzene rings is 1. The van der Waals surface area contributed by atoms with Crippen molar-refractivity contribution in [1.82, 2.24) is 0 Å². The van der Waals surface area contributed by atoms with E-state index in [9.17, 15) is 23.1 Å². The standard InChI is InChI=1S/C6H3ClNO2.BF3.K/c7-5-2-1-3-6(4-5)8(9)10;2-1(3)4;/h1,3-4H;;/q-1;;+1. The van der Waals surface area contributed by atoms with Crippen molar-refractivity contribution >= 4 is 24.8 Å². The van der Waals surface area contributed by atoms with Crippen LogP contribution in [0.2, 0.25) is 5.02 Å². The van der Waals surface area contributed by atoms with Crippen LogP contribution in [0.3, 0.4) is 0 Å². The van der Waals surface area contributed by atoms with E-state index >= 15 is 0 Å². The third-order valence-electron chi connectivity index (χ3n) is 0.961. The summed E-state index contributed by atoms with van der Waals surface area (Å²) in [5, 5.41) is 10.3. The van der Waals surface area contributed by atoms with Gasteiger partial charge in [0.05, 0.1) is 0 Å². The SMILES string of the molecule is FB(F)F.O=[N+]([O-])c1cc[c-]c(Cl)c1.[K+]. The van der Waals surface area contributed by atoms with E-state index in [2.05, 4.69) is 6.07 Å². The normalized spacial score (nSPS) is 8.00. The van der Waals surface area contributed by atoms with Crippen LogP contribution in [0, 0.1) is 16.2 Å². The van der Waals surface area contributed by atoms with Crippen LogP contribution in [0.25, 0.3) is 0 Å². The molecule has 0 atom stereocenters. The molecule has 0 saturated heterocycles. The number of hydrogen-bond donors (Lipinski definition) is 0. The molecule has 0 N–H and O–H groups in total. The molecule has 15 heavy (non-hydrogen) atoms. The van der Waals surface area contributed by atoms with Gasteiger partial charge in [0.2, 0.25) is 0 Å². The first-order valence-corrected chi connectivity index (χ1v) is 3.55. The van der Waals surface area contributed by atoms with Gasteiger partial charge in [0.15, 0.2) is 5.69 Å². The largest absolute Gasteiger partial charge is 1.00 e. The van der Waals surface area contributed by atoms with Crippen LogP contribution in [0.1, 0.15) is 0 Å². The minimum atomic E-state index is -3.67. The van der Waals surface area contributed by atoms with Crippen molar-refractivity contribution in [3.05, 3.63) is 39.4 Å². The smallest absolute Gasteiger partial charge is 0.260 e. The summed E-state index contributed by atoms with van der Waals surface area (Å²) in [5.41, 5.74) is -0.0104. The summed E-state index contributed by atoms with van der Waals surface area (Å²) >= 11 is 5.43. The van der Waals surface area contributed by atoms with Gasteiger partial charge in [-0.25, -0.2) is 0 Å². The Balaban J connectivity index is 0. The van der Waals surface area contributed by atoms with Gasteiger partial charge in [0, 0.05) is 4.92 Å². The predicted molar refractivity (Wildman–Crippen MR) is 46.0 cm³/mol. The molecular weight excluding hydrogens is 260 g/mol. The average Bonchev–Trinajstić information content (AvgIpc) is 2.03. The second kappa shape index (κ2) is 9.61. The Morgan fingerprint density at radius 1 is 1.47 bits per heavy atom. The molecule has 0 unspecified atom stereocenters. The van der Waals surface area contributed by atoms with Gasteiger partial charge in [0.1, 0.15) is 0 Å². The van der Waals surface area contributed by atoms with Crippen molar-refractivity contribution in [3.63, 3.8) is 0 Å². The molecule has 1 aromatic rings. The minimum absolute atomic E-state index is 0. The zero-order chi connectivity index (χ0) is 11.1. The molecule has 0 aliphatic rings. The van der Waals surface area contributed by atoms with E-state index in [0.29, 0.717) is 0 Å². The number of nitrogens with zero attached hydrogens (tertiary/aromatic N) is 1. The molecule has 1 rings (SSSR count). The molecule has 9 heteroatoms. The van der Waals surface area contributed by atoms with Crippen LogP contribution in [0.4, 0.5) is 18.6 Å². The first-order chi connectivity index (χ1) is 6.43. The predicted octanol–water partition coefficient (Wildman–Crippen LogP) is -0.0678. The second-order valence-electron chi connectivity index (χ2n) is 1.90. The molecule has 0 heterocycles. The molecule has 0 bridgehead atoms. The van der Waals surface area contributed by atoms with Gasteiger partial charge in [-0.3, -0.25) is 23.1 Å². The van der Waals surface area contributed by atoms with Gasteiger partial charge in [-0.15, -0.1) is 11.6 Å². The Hall–Kier alpha value is 0.401. The van der Waals surface area contributed by atoms with Crippen molar-refractivity contribution < 1.29 is 69.3 Å². The summed E-state index contributed by atoms with van der Waals surface area (Å²) < 4.78 is 29.0. The summed E-state index contributed by atoms with van der Waals surface area (Å²) in [6.45, 7) is 0. The first-order valence-electron chi connectivity index (χ1n) is 3.17. The Morgan fingerprint density at radius 2 is 1.93 bits per heavy atom. The molecule has 0 amide bonds. The van der Waals surface area contributed by atoms with Crippen LogP contribution in [-0.4, -0.2) is 12.5 Å². The van der Waals surface area contributed by atoms with Gasteiger partial charge in [0.25, 0.3) is 0 Å². The number of rotatable bonds is 1. The number of non-ortho nitro benzene ring substituents is 1. The van der Waals surface area contributed by atoms with E-state index in [1.54, 1.807) is 0 Å². The summed E-state index contributed by atoms with van der Waals surface area (Å²) in [7, 11) is -3.67. The van der Waals surface area contributed by atoms with E-state index in [0.717, 1.165) is 0 Å². The van der Waals surface area contributed by atoms with Crippen molar-refractivity contribution in [3.8, 4) is 0 Å². The van der Waals surface area contributed by atoms with Gasteiger partial charge in [-0.05, 0) is 0 Å². The van der Waals surface area contributed by atoms with Crippen LogP contribution in [0.15, 0.2) is 18.2 Å². The van der Waals surface area contributed by atoms with E-state index in [4.69, 9.17) is 11.6 Å². The van der Waals surface area contributed by atoms with Gasteiger partial charge in [-0.1, -0.05) is 17.2 Å². The molecule has 0 aliphatic carbocycles. The van der Waals surface area contributed by atoms with Gasteiger partial charge in [-0.2, -0.15) is 12.1 Å². The molecule has 1 aromatic carbocycles. The zero-order valence-electron chi connectivity index (χ0n) is 7.58. The minimum Gasteiger partial charge on any atom is -0.260 e. The van der Waals surface area contributed by atoms with Gasteiger partial charge < -0.3 is 0 Å². The van der Waals surface area contributed by atoms with E-state index < -0.39 is 12.5 Å². The maximum absolute atomic E-state index is 10.1. The maximum Gasteiger partial charge on any atom is 1.00 e. The van der Waals surface area contributed by atoms with E-state index in [1.165, 1.54) is 18.2 Å². The monoisotopic (exact) mass is 263 g/mol. The summed E-state index contributed by atoms with van der Waals surface area (Å²) in [4.78, 5) is 9.59. The molecule has 0 radical (unpaired) electrons. The van der Waals surface area contributed by atoms with Crippen molar-refractivity contribution in [2.24, 2.45) is 0 Å². The van der Waals surface area contributed by atoms with Crippen LogP contribution in [0.5, 0.6) is 0 Å². The third kappa shape index (κ3) is 10.7. The van der Waals surface area contributed by atoms with E-state index in [-0.39, 0.29) is 62.1 Å². The third-order valence-corrected chi connectivity index (χ3v) is 1.18. The topological polar surface area (TPSA) is 43.1 Å². The molecule has 0 fully saturated rings. The number of hydrogen-bond acceptors (Lipinski definition) is 2. The van der Waals surface area contributed by atoms with Crippen molar-refractivity contribution in [2.75, 3.05) is 0 Å². The molecular formula is C6H3BClF3KNO2. The summed E-state index contributed by atoms with van der Waals surface area (Å²) in [5.74, 6) is 0. The fourth-order valence-corrected chi connectivity index (χ4v) is 0.715. The average molecular weight is 263 g/mol. The second-order valence-corrected chi connectivity index (χ2v) is 2.31. The number of nitro groups is 1. The number of halogens is 4. The quantitative estimate of drug-likeness (QED) is 0.308. The molecule has 0 saturated carbocycles. The maximum atomic E-state index is 10.1. The molecule has 76 valence electrons. The van der Waals surface area contributed by atoms with Gasteiger partial charge >= 0.3 is 58.9 Å². The Kier molecular flexibility index (Phi) is 11.4. The fourth-order valence-electron chi connectivity index (χ4n) is 0.540. The van der Waals surface area contributed by atoms with Crippen molar-refractivity contribution in [2.45, 2.75) is 0 Å². The summed E-state index contributed by atoms with van der Waals surface area (Å²) in [6.07, 6.45) is 0. The number of nitro benzene ring substituents is 1. The molecule has 3 nitrogen and oxygen atoms in total. The molecule has 0 spiro atoms. The molecule has 0 aliphatic heterocycles.